The second kappa shape index (κ2) is 9.47. The number of hydrogen-bond acceptors (Lipinski definition) is 5. The third-order valence-electron chi connectivity index (χ3n) is 6.27. The largest absolute Gasteiger partial charge is 0.586 e. The number of carbonyl (C=O) groups excluding carboxylic acids is 2. The molecule has 2 atom stereocenters. The summed E-state index contributed by atoms with van der Waals surface area (Å²) in [6.07, 6.45) is -5.07. The zero-order valence-corrected chi connectivity index (χ0v) is 20.2. The second-order valence-corrected chi connectivity index (χ2v) is 8.99. The highest BCUT2D eigenvalue weighted by Crippen LogP contribution is 2.42. The van der Waals surface area contributed by atoms with Gasteiger partial charge in [0, 0.05) is 24.1 Å². The number of benzene rings is 3. The molecule has 38 heavy (non-hydrogen) atoms. The Kier molecular flexibility index (Phi) is 6.29. The van der Waals surface area contributed by atoms with Gasteiger partial charge in [-0.15, -0.1) is 8.78 Å². The minimum atomic E-state index is -3.81. The number of ether oxygens (including phenoxy) is 2. The molecule has 0 radical (unpaired) electrons. The third kappa shape index (κ3) is 4.79. The summed E-state index contributed by atoms with van der Waals surface area (Å²) in [6, 6.07) is 14.4. The zero-order valence-electron chi connectivity index (χ0n) is 20.2. The number of fused-ring (bicyclic) bond motifs is 2. The monoisotopic (exact) mass is 527 g/mol. The lowest BCUT2D eigenvalue weighted by atomic mass is 9.99. The normalized spacial score (nSPS) is 18.4. The average Bonchev–Trinajstić information content (AvgIpc) is 3.15. The number of alkyl halides is 2. The van der Waals surface area contributed by atoms with Crippen LogP contribution in [0.15, 0.2) is 65.7 Å². The average molecular weight is 527 g/mol. The fraction of sp³-hybridized carbons (Fsp3) is 0.222. The topological polar surface area (TPSA) is 80.2 Å². The highest BCUT2D eigenvalue weighted by atomic mass is 19.3. The van der Waals surface area contributed by atoms with Crippen LogP contribution in [0.4, 0.5) is 23.2 Å². The van der Waals surface area contributed by atoms with Crippen LogP contribution < -0.4 is 19.7 Å². The molecule has 0 aliphatic carbocycles. The lowest BCUT2D eigenvalue weighted by Crippen LogP contribution is -2.47. The molecular weight excluding hydrogens is 506 g/mol. The quantitative estimate of drug-likeness (QED) is 0.499. The van der Waals surface area contributed by atoms with E-state index in [9.17, 15) is 27.2 Å². The van der Waals surface area contributed by atoms with Gasteiger partial charge in [-0.2, -0.15) is 0 Å². The van der Waals surface area contributed by atoms with E-state index < -0.39 is 41.8 Å². The number of halogens is 4. The van der Waals surface area contributed by atoms with E-state index in [2.05, 4.69) is 19.8 Å². The van der Waals surface area contributed by atoms with Gasteiger partial charge in [-0.3, -0.25) is 9.59 Å². The van der Waals surface area contributed by atoms with Gasteiger partial charge in [0.05, 0.1) is 11.4 Å². The number of nitrogens with one attached hydrogen (secondary N) is 1. The maximum atomic E-state index is 13.6. The number of para-hydroxylation sites is 1. The van der Waals surface area contributed by atoms with E-state index in [0.717, 1.165) is 12.1 Å². The smallest absolute Gasteiger partial charge is 0.395 e. The molecule has 11 heteroatoms. The van der Waals surface area contributed by atoms with Crippen LogP contribution in [0.1, 0.15) is 23.6 Å². The summed E-state index contributed by atoms with van der Waals surface area (Å²) in [4.78, 5) is 32.2. The molecule has 0 spiro atoms. The number of likely N-dealkylation sites (N-methyl/N-ethyl adjacent to an activating group) is 1. The van der Waals surface area contributed by atoms with Crippen LogP contribution in [-0.4, -0.2) is 37.0 Å². The fourth-order valence-electron chi connectivity index (χ4n) is 4.33. The van der Waals surface area contributed by atoms with Crippen molar-refractivity contribution in [2.45, 2.75) is 25.8 Å². The standard InChI is InChI=1S/C27H21F4N3O4/c1-14(11-15-7-9-18(28)19(29)12-15)25(35)33-24-26(36)34(2)20-6-4-3-5-17(20)23(32-24)16-8-10-21-22(13-16)38-27(30,31)37-21/h3-10,12-14,24H,11H2,1-2H3,(H,33,35)/t14-,24?/m0/s1. The van der Waals surface area contributed by atoms with Gasteiger partial charge in [0.15, 0.2) is 23.1 Å². The third-order valence-corrected chi connectivity index (χ3v) is 6.27. The number of amides is 2. The van der Waals surface area contributed by atoms with Crippen molar-refractivity contribution in [3.8, 4) is 11.5 Å². The number of hydrogen-bond donors (Lipinski definition) is 1. The van der Waals surface area contributed by atoms with Gasteiger partial charge in [0.25, 0.3) is 5.91 Å². The molecule has 3 aromatic carbocycles. The van der Waals surface area contributed by atoms with Crippen LogP contribution >= 0.6 is 0 Å². The van der Waals surface area contributed by atoms with E-state index in [4.69, 9.17) is 0 Å². The summed E-state index contributed by atoms with van der Waals surface area (Å²) < 4.78 is 63.1. The molecule has 2 heterocycles. The molecular formula is C27H21F4N3O4. The van der Waals surface area contributed by atoms with Crippen LogP contribution in [0, 0.1) is 17.6 Å². The van der Waals surface area contributed by atoms with E-state index in [1.165, 1.54) is 36.2 Å². The SMILES string of the molecule is C[C@@H](Cc1ccc(F)c(F)c1)C(=O)NC1N=C(c2ccc3c(c2)OC(F)(F)O3)c2ccccc2N(C)C1=O. The van der Waals surface area contributed by atoms with E-state index >= 15 is 0 Å². The van der Waals surface area contributed by atoms with Crippen molar-refractivity contribution >= 4 is 23.2 Å². The van der Waals surface area contributed by atoms with Crippen LogP contribution in [0.25, 0.3) is 0 Å². The highest BCUT2D eigenvalue weighted by molar-refractivity contribution is 6.20. The van der Waals surface area contributed by atoms with Crippen molar-refractivity contribution in [2.24, 2.45) is 10.9 Å². The van der Waals surface area contributed by atoms with Crippen LogP contribution in [-0.2, 0) is 16.0 Å². The molecule has 3 aromatic rings. The first-order valence-corrected chi connectivity index (χ1v) is 11.6. The van der Waals surface area contributed by atoms with Crippen molar-refractivity contribution in [3.05, 3.63) is 89.0 Å². The first-order chi connectivity index (χ1) is 18.0. The summed E-state index contributed by atoms with van der Waals surface area (Å²) in [7, 11) is 1.53. The van der Waals surface area contributed by atoms with Gasteiger partial charge in [-0.05, 0) is 48.4 Å². The predicted octanol–water partition coefficient (Wildman–Crippen LogP) is 4.42. The van der Waals surface area contributed by atoms with Crippen molar-refractivity contribution < 1.29 is 36.6 Å². The molecule has 0 aromatic heterocycles. The summed E-state index contributed by atoms with van der Waals surface area (Å²) in [5, 5.41) is 2.62. The number of aliphatic imine (C=N–C) groups is 1. The minimum absolute atomic E-state index is 0.0902. The Bertz CT molecular complexity index is 1480. The van der Waals surface area contributed by atoms with Crippen LogP contribution in [0.2, 0.25) is 0 Å². The van der Waals surface area contributed by atoms with Gasteiger partial charge in [-0.1, -0.05) is 31.2 Å². The number of carbonyl (C=O) groups is 2. The van der Waals surface area contributed by atoms with Gasteiger partial charge < -0.3 is 19.7 Å². The first kappa shape index (κ1) is 25.2. The molecule has 2 aliphatic rings. The Morgan fingerprint density at radius 1 is 1.05 bits per heavy atom. The van der Waals surface area contributed by atoms with E-state index in [0.29, 0.717) is 22.4 Å². The Balaban J connectivity index is 1.47. The Labute approximate surface area is 214 Å². The molecule has 7 nitrogen and oxygen atoms in total. The Morgan fingerprint density at radius 3 is 2.55 bits per heavy atom. The van der Waals surface area contributed by atoms with Gasteiger partial charge in [0.2, 0.25) is 12.1 Å². The molecule has 2 amide bonds. The summed E-state index contributed by atoms with van der Waals surface area (Å²) >= 11 is 0. The second-order valence-electron chi connectivity index (χ2n) is 8.99. The molecule has 0 saturated heterocycles. The summed E-state index contributed by atoms with van der Waals surface area (Å²) in [5.74, 6) is -4.15. The Morgan fingerprint density at radius 2 is 1.79 bits per heavy atom. The maximum Gasteiger partial charge on any atom is 0.586 e. The molecule has 5 rings (SSSR count). The Hall–Kier alpha value is -4.41. The summed E-state index contributed by atoms with van der Waals surface area (Å²) in [6.45, 7) is 1.58. The predicted molar refractivity (Wildman–Crippen MR) is 129 cm³/mol. The highest BCUT2D eigenvalue weighted by Gasteiger charge is 2.43. The van der Waals surface area contributed by atoms with Crippen LogP contribution in [0.5, 0.6) is 11.5 Å². The molecule has 196 valence electrons. The van der Waals surface area contributed by atoms with Gasteiger partial charge in [-0.25, -0.2) is 13.8 Å². The number of nitrogens with zero attached hydrogens (tertiary/aromatic N) is 2. The number of benzodiazepines with no additional fused rings is 1. The molecule has 0 fully saturated rings. The van der Waals surface area contributed by atoms with E-state index in [1.807, 2.05) is 0 Å². The van der Waals surface area contributed by atoms with Gasteiger partial charge in [0.1, 0.15) is 0 Å². The molecule has 1 N–H and O–H groups in total. The number of anilines is 1. The van der Waals surface area contributed by atoms with Crippen molar-refractivity contribution in [1.82, 2.24) is 5.32 Å². The molecule has 2 aliphatic heterocycles. The molecule has 0 saturated carbocycles. The zero-order chi connectivity index (χ0) is 27.2. The lowest BCUT2D eigenvalue weighted by Gasteiger charge is -2.22. The van der Waals surface area contributed by atoms with E-state index in [-0.39, 0.29) is 23.6 Å². The number of rotatable bonds is 5. The van der Waals surface area contributed by atoms with E-state index in [1.54, 1.807) is 31.2 Å². The van der Waals surface area contributed by atoms with Gasteiger partial charge >= 0.3 is 6.29 Å². The fourth-order valence-corrected chi connectivity index (χ4v) is 4.33. The first-order valence-electron chi connectivity index (χ1n) is 11.6. The lowest BCUT2D eigenvalue weighted by molar-refractivity contribution is -0.286. The van der Waals surface area contributed by atoms with Crippen molar-refractivity contribution in [1.29, 1.82) is 0 Å². The minimum Gasteiger partial charge on any atom is -0.395 e. The molecule has 1 unspecified atom stereocenters. The van der Waals surface area contributed by atoms with Crippen LogP contribution in [0.3, 0.4) is 0 Å². The molecule has 0 bridgehead atoms. The van der Waals surface area contributed by atoms with Crippen molar-refractivity contribution in [2.75, 3.05) is 11.9 Å². The van der Waals surface area contributed by atoms with Crippen molar-refractivity contribution in [3.63, 3.8) is 0 Å². The summed E-state index contributed by atoms with van der Waals surface area (Å²) in [5.41, 5.74) is 2.05. The maximum absolute atomic E-state index is 13.6.